The van der Waals surface area contributed by atoms with E-state index >= 15 is 0 Å². The highest BCUT2D eigenvalue weighted by Crippen LogP contribution is 2.44. The molecule has 52 heavy (non-hydrogen) atoms. The number of rotatable bonds is 11. The Kier molecular flexibility index (Phi) is 17.5. The van der Waals surface area contributed by atoms with Crippen molar-refractivity contribution in [3.63, 3.8) is 0 Å². The molecule has 2 rings (SSSR count). The summed E-state index contributed by atoms with van der Waals surface area (Å²) in [5, 5.41) is 32.1. The fraction of sp³-hybridized carbons (Fsp3) is 0.675. The third kappa shape index (κ3) is 11.9. The Balaban J connectivity index is 2.59. The first-order chi connectivity index (χ1) is 24.3. The number of ether oxygens (including phenoxy) is 6. The number of cyclic esters (lactones) is 1. The minimum Gasteiger partial charge on any atom is -0.490 e. The van der Waals surface area contributed by atoms with Crippen molar-refractivity contribution in [2.24, 2.45) is 35.5 Å². The van der Waals surface area contributed by atoms with Gasteiger partial charge in [-0.15, -0.1) is 0 Å². The minimum atomic E-state index is -1.45. The van der Waals surface area contributed by atoms with Crippen molar-refractivity contribution in [3.05, 3.63) is 59.4 Å². The summed E-state index contributed by atoms with van der Waals surface area (Å²) in [5.41, 5.74) is 1.74. The maximum Gasteiger partial charge on any atom is 0.373 e. The van der Waals surface area contributed by atoms with Gasteiger partial charge in [0.2, 0.25) is 5.76 Å². The van der Waals surface area contributed by atoms with Gasteiger partial charge in [-0.25, -0.2) is 14.4 Å². The number of aliphatic carboxylic acids is 1. The van der Waals surface area contributed by atoms with Crippen LogP contribution in [-0.4, -0.2) is 97.0 Å². The zero-order valence-corrected chi connectivity index (χ0v) is 32.9. The van der Waals surface area contributed by atoms with Crippen LogP contribution < -0.4 is 0 Å². The molecular formula is C40H62O12. The molecule has 2 aliphatic rings. The van der Waals surface area contributed by atoms with Gasteiger partial charge in [0.15, 0.2) is 5.79 Å². The van der Waals surface area contributed by atoms with Crippen LogP contribution >= 0.6 is 0 Å². The van der Waals surface area contributed by atoms with Crippen molar-refractivity contribution in [1.82, 2.24) is 0 Å². The van der Waals surface area contributed by atoms with Crippen LogP contribution in [0.25, 0.3) is 0 Å². The van der Waals surface area contributed by atoms with Gasteiger partial charge in [-0.2, -0.15) is 0 Å². The first-order valence-electron chi connectivity index (χ1n) is 18.0. The van der Waals surface area contributed by atoms with Gasteiger partial charge in [0.1, 0.15) is 18.3 Å². The third-order valence-electron chi connectivity index (χ3n) is 10.4. The molecule has 0 radical (unpaired) electrons. The summed E-state index contributed by atoms with van der Waals surface area (Å²) in [4.78, 5) is 37.3. The zero-order chi connectivity index (χ0) is 39.5. The number of carboxylic acid groups (broad SMARTS) is 1. The molecule has 3 N–H and O–H groups in total. The Morgan fingerprint density at radius 1 is 1.04 bits per heavy atom. The second-order valence-electron chi connectivity index (χ2n) is 14.8. The molecule has 2 aliphatic heterocycles. The highest BCUT2D eigenvalue weighted by Gasteiger charge is 2.54. The molecule has 1 saturated heterocycles. The Morgan fingerprint density at radius 3 is 2.25 bits per heavy atom. The van der Waals surface area contributed by atoms with E-state index in [0.29, 0.717) is 18.1 Å². The minimum absolute atomic E-state index is 0.0345. The molecule has 0 aromatic rings. The van der Waals surface area contributed by atoms with Gasteiger partial charge in [0, 0.05) is 56.5 Å². The van der Waals surface area contributed by atoms with Gasteiger partial charge < -0.3 is 43.7 Å². The van der Waals surface area contributed by atoms with Crippen molar-refractivity contribution in [2.75, 3.05) is 21.3 Å². The lowest BCUT2D eigenvalue weighted by molar-refractivity contribution is -0.339. The molecular weight excluding hydrogens is 672 g/mol. The average Bonchev–Trinajstić information content (AvgIpc) is 3.09. The largest absolute Gasteiger partial charge is 0.490 e. The van der Waals surface area contributed by atoms with Gasteiger partial charge in [-0.05, 0) is 38.2 Å². The number of carbonyl (C=O) groups excluding carboxylic acids is 2. The molecule has 0 aromatic carbocycles. The second kappa shape index (κ2) is 20.2. The van der Waals surface area contributed by atoms with Gasteiger partial charge >= 0.3 is 17.9 Å². The van der Waals surface area contributed by atoms with Gasteiger partial charge in [-0.3, -0.25) is 0 Å². The van der Waals surface area contributed by atoms with Crippen molar-refractivity contribution in [3.8, 4) is 0 Å². The topological polar surface area (TPSA) is 167 Å². The average molecular weight is 735 g/mol. The Bertz CT molecular complexity index is 1360. The molecule has 2 heterocycles. The standard InChI is InChI=1S/C40H62O12/c1-22(2)37-27(7)32(50-34(43)17-16-33(41)42)21-40(49-12,52-37)29(9)36(45)28(8)38-30(47-10)15-13-14-23(3)18-25(5)35(44)26(6)19-24(4)20-31(48-11)39(46)51-38/h13-17,19-20,22,25-30,32,35-38,44-45H,18,21H2,1-12H3,(H,41,42)/b15-13+,17-16+,23-14+,24-19+,31-20+/t25-,26+,27-,28-,29-,30-,32+,35-,36+,37+,38+,40+/m0/s1. The first-order valence-corrected chi connectivity index (χ1v) is 18.0. The van der Waals surface area contributed by atoms with E-state index in [4.69, 9.17) is 33.5 Å². The molecule has 0 saturated carbocycles. The summed E-state index contributed by atoms with van der Waals surface area (Å²) in [7, 11) is 4.31. The Hall–Kier alpha value is -3.29. The fourth-order valence-corrected chi connectivity index (χ4v) is 7.30. The monoisotopic (exact) mass is 734 g/mol. The van der Waals surface area contributed by atoms with Crippen LogP contribution in [0.4, 0.5) is 0 Å². The molecule has 0 unspecified atom stereocenters. The second-order valence-corrected chi connectivity index (χ2v) is 14.8. The normalized spacial score (nSPS) is 36.6. The van der Waals surface area contributed by atoms with E-state index in [1.54, 1.807) is 26.0 Å². The summed E-state index contributed by atoms with van der Waals surface area (Å²) in [6.45, 7) is 17.0. The van der Waals surface area contributed by atoms with Crippen LogP contribution in [0.15, 0.2) is 59.4 Å². The van der Waals surface area contributed by atoms with Crippen LogP contribution in [-0.2, 0) is 42.8 Å². The lowest BCUT2D eigenvalue weighted by atomic mass is 9.76. The summed E-state index contributed by atoms with van der Waals surface area (Å²) < 4.78 is 35.9. The van der Waals surface area contributed by atoms with Crippen LogP contribution in [0.3, 0.4) is 0 Å². The van der Waals surface area contributed by atoms with Crippen LogP contribution in [0.1, 0.15) is 75.2 Å². The molecule has 12 atom stereocenters. The Labute approximate surface area is 309 Å². The van der Waals surface area contributed by atoms with Gasteiger partial charge in [0.05, 0.1) is 25.4 Å². The lowest BCUT2D eigenvalue weighted by Crippen LogP contribution is -2.60. The number of aliphatic hydroxyl groups is 2. The highest BCUT2D eigenvalue weighted by atomic mass is 16.7. The van der Waals surface area contributed by atoms with E-state index in [0.717, 1.165) is 11.6 Å². The Morgan fingerprint density at radius 2 is 1.69 bits per heavy atom. The quantitative estimate of drug-likeness (QED) is 0.180. The van der Waals surface area contributed by atoms with Crippen molar-refractivity contribution < 1.29 is 58.1 Å². The van der Waals surface area contributed by atoms with E-state index in [9.17, 15) is 24.6 Å². The molecule has 0 spiro atoms. The number of esters is 2. The zero-order valence-electron chi connectivity index (χ0n) is 32.9. The molecule has 12 nitrogen and oxygen atoms in total. The van der Waals surface area contributed by atoms with E-state index in [1.807, 2.05) is 66.7 Å². The smallest absolute Gasteiger partial charge is 0.373 e. The molecule has 0 aromatic heterocycles. The van der Waals surface area contributed by atoms with Crippen molar-refractivity contribution in [1.29, 1.82) is 0 Å². The first kappa shape index (κ1) is 44.9. The van der Waals surface area contributed by atoms with E-state index in [2.05, 4.69) is 0 Å². The number of allylic oxidation sites excluding steroid dienone is 5. The number of methoxy groups -OCH3 is 3. The van der Waals surface area contributed by atoms with Crippen molar-refractivity contribution >= 4 is 17.9 Å². The van der Waals surface area contributed by atoms with E-state index in [1.165, 1.54) is 21.3 Å². The molecule has 0 amide bonds. The van der Waals surface area contributed by atoms with Crippen LogP contribution in [0.5, 0.6) is 0 Å². The molecule has 294 valence electrons. The number of carboxylic acids is 1. The number of aliphatic hydroxyl groups excluding tert-OH is 2. The predicted octanol–water partition coefficient (Wildman–Crippen LogP) is 5.54. The summed E-state index contributed by atoms with van der Waals surface area (Å²) >= 11 is 0. The molecule has 0 aliphatic carbocycles. The highest BCUT2D eigenvalue weighted by molar-refractivity contribution is 5.90. The SMILES string of the molecule is CO/C1=C/C(C)=C/[C@@H](C)[C@@H](O)[C@@H](C)C/C(C)=C/C=C/[C@H](OC)[C@@H]([C@@H](C)[C@@H](O)[C@H](C)[C@@]2(OC)C[C@@H](OC(=O)/C=C/C(=O)O)[C@H](C)[C@@H](C(C)C)O2)OC1=O. The molecule has 1 fully saturated rings. The lowest BCUT2D eigenvalue weighted by Gasteiger charge is -2.51. The van der Waals surface area contributed by atoms with E-state index in [-0.39, 0.29) is 35.9 Å². The summed E-state index contributed by atoms with van der Waals surface area (Å²) in [5.74, 6) is -6.48. The predicted molar refractivity (Wildman–Crippen MR) is 196 cm³/mol. The summed E-state index contributed by atoms with van der Waals surface area (Å²) in [6, 6.07) is 0. The van der Waals surface area contributed by atoms with Crippen molar-refractivity contribution in [2.45, 2.75) is 118 Å². The van der Waals surface area contributed by atoms with Crippen LogP contribution in [0, 0.1) is 35.5 Å². The number of carbonyl (C=O) groups is 3. The fourth-order valence-electron chi connectivity index (χ4n) is 7.30. The number of hydrogen-bond acceptors (Lipinski definition) is 11. The van der Waals surface area contributed by atoms with Crippen LogP contribution in [0.2, 0.25) is 0 Å². The third-order valence-corrected chi connectivity index (χ3v) is 10.4. The summed E-state index contributed by atoms with van der Waals surface area (Å²) in [6.07, 6.45) is 6.35. The molecule has 12 heteroatoms. The van der Waals surface area contributed by atoms with Gasteiger partial charge in [-0.1, -0.05) is 83.9 Å². The molecule has 0 bridgehead atoms. The van der Waals surface area contributed by atoms with Gasteiger partial charge in [0.25, 0.3) is 0 Å². The maximum atomic E-state index is 13.7. The maximum absolute atomic E-state index is 13.7. The van der Waals surface area contributed by atoms with E-state index < -0.39 is 72.2 Å². The number of hydrogen-bond donors (Lipinski definition) is 3.